The number of thiazole rings is 1. The van der Waals surface area contributed by atoms with Gasteiger partial charge in [0, 0.05) is 32.7 Å². The summed E-state index contributed by atoms with van der Waals surface area (Å²) >= 11 is 1.53. The molecule has 2 bridgehead atoms. The molecule has 4 aliphatic rings. The largest absolute Gasteiger partial charge is 0.393 e. The number of amidine groups is 1. The van der Waals surface area contributed by atoms with Gasteiger partial charge in [0.1, 0.15) is 11.6 Å². The first-order valence-corrected chi connectivity index (χ1v) is 14.8. The van der Waals surface area contributed by atoms with Crippen molar-refractivity contribution in [3.05, 3.63) is 59.1 Å². The Morgan fingerprint density at radius 3 is 2.67 bits per heavy atom. The second kappa shape index (κ2) is 10.9. The lowest BCUT2D eigenvalue weighted by Crippen LogP contribution is -2.40. The second-order valence-corrected chi connectivity index (χ2v) is 12.1. The van der Waals surface area contributed by atoms with E-state index in [9.17, 15) is 5.11 Å². The van der Waals surface area contributed by atoms with Gasteiger partial charge in [0.15, 0.2) is 11.0 Å². The normalized spacial score (nSPS) is 26.6. The number of rotatable bonds is 8. The summed E-state index contributed by atoms with van der Waals surface area (Å²) in [5, 5.41) is 26.6. The maximum absolute atomic E-state index is 10.2. The number of aliphatic hydroxyl groups excluding tert-OH is 1. The molecule has 4 heterocycles. The smallest absolute Gasteiger partial charge is 0.188 e. The van der Waals surface area contributed by atoms with Crippen molar-refractivity contribution in [2.45, 2.75) is 38.0 Å². The van der Waals surface area contributed by atoms with E-state index < -0.39 is 0 Å². The third-order valence-electron chi connectivity index (χ3n) is 8.26. The number of hydrogen-bond donors (Lipinski definition) is 4. The molecule has 2 aliphatic carbocycles. The molecule has 210 valence electrons. The number of hydrazine groups is 2. The number of nitrogens with one attached hydrogen (secondary N) is 3. The van der Waals surface area contributed by atoms with E-state index in [2.05, 4.69) is 38.1 Å². The Bertz CT molecular complexity index is 1360. The number of hydrogen-bond acceptors (Lipinski definition) is 12. The Kier molecular flexibility index (Phi) is 7.02. The van der Waals surface area contributed by atoms with Crippen LogP contribution in [-0.2, 0) is 11.3 Å². The molecule has 11 nitrogen and oxygen atoms in total. The Hall–Kier alpha value is -3.29. The van der Waals surface area contributed by atoms with E-state index in [4.69, 9.17) is 14.8 Å². The van der Waals surface area contributed by atoms with Crippen molar-refractivity contribution in [3.8, 4) is 0 Å². The monoisotopic (exact) mass is 561 g/mol. The van der Waals surface area contributed by atoms with Gasteiger partial charge in [-0.15, -0.1) is 10.2 Å². The van der Waals surface area contributed by atoms with Crippen LogP contribution in [0.5, 0.6) is 0 Å². The summed E-state index contributed by atoms with van der Waals surface area (Å²) in [6, 6.07) is 14.7. The number of aromatic nitrogens is 2. The zero-order chi connectivity index (χ0) is 27.1. The molecule has 2 aliphatic heterocycles. The highest BCUT2D eigenvalue weighted by molar-refractivity contribution is 7.17. The van der Waals surface area contributed by atoms with Crippen LogP contribution in [0.4, 0.5) is 22.5 Å². The van der Waals surface area contributed by atoms with Gasteiger partial charge < -0.3 is 20.5 Å². The van der Waals surface area contributed by atoms with Crippen molar-refractivity contribution >= 4 is 39.6 Å². The maximum atomic E-state index is 10.2. The predicted octanol–water partition coefficient (Wildman–Crippen LogP) is 3.22. The van der Waals surface area contributed by atoms with E-state index in [1.807, 2.05) is 53.8 Å². The molecule has 7 rings (SSSR count). The van der Waals surface area contributed by atoms with Crippen molar-refractivity contribution < 1.29 is 9.84 Å². The van der Waals surface area contributed by atoms with Gasteiger partial charge in [-0.05, 0) is 60.9 Å². The quantitative estimate of drug-likeness (QED) is 0.327. The number of pyridine rings is 1. The van der Waals surface area contributed by atoms with Crippen LogP contribution in [0.15, 0.2) is 53.8 Å². The third kappa shape index (κ3) is 5.37. The van der Waals surface area contributed by atoms with E-state index in [1.54, 1.807) is 0 Å². The lowest BCUT2D eigenvalue weighted by atomic mass is 9.93. The minimum absolute atomic E-state index is 0.140. The van der Waals surface area contributed by atoms with Crippen molar-refractivity contribution in [1.29, 1.82) is 0 Å². The molecule has 40 heavy (non-hydrogen) atoms. The molecule has 0 radical (unpaired) electrons. The van der Waals surface area contributed by atoms with Crippen LogP contribution < -0.4 is 21.2 Å². The van der Waals surface area contributed by atoms with Gasteiger partial charge in [-0.25, -0.2) is 9.97 Å². The van der Waals surface area contributed by atoms with E-state index in [1.165, 1.54) is 16.9 Å². The van der Waals surface area contributed by atoms with Crippen molar-refractivity contribution in [2.75, 3.05) is 49.1 Å². The Morgan fingerprint density at radius 1 is 1.07 bits per heavy atom. The summed E-state index contributed by atoms with van der Waals surface area (Å²) in [6.45, 7) is 4.24. The van der Waals surface area contributed by atoms with Crippen molar-refractivity contribution in [1.82, 2.24) is 25.4 Å². The van der Waals surface area contributed by atoms with Gasteiger partial charge in [-0.1, -0.05) is 29.5 Å². The van der Waals surface area contributed by atoms with E-state index in [0.717, 1.165) is 85.3 Å². The number of anilines is 4. The first-order valence-electron chi connectivity index (χ1n) is 14.0. The third-order valence-corrected chi connectivity index (χ3v) is 9.18. The molecule has 4 atom stereocenters. The van der Waals surface area contributed by atoms with Gasteiger partial charge in [-0.3, -0.25) is 10.3 Å². The molecule has 1 saturated heterocycles. The summed E-state index contributed by atoms with van der Waals surface area (Å²) in [4.78, 5) is 12.9. The van der Waals surface area contributed by atoms with Gasteiger partial charge in [0.05, 0.1) is 36.1 Å². The maximum Gasteiger partial charge on any atom is 0.188 e. The number of fused-ring (bicyclic) bond motifs is 2. The summed E-state index contributed by atoms with van der Waals surface area (Å²) in [5.74, 6) is 3.30. The van der Waals surface area contributed by atoms with Crippen LogP contribution in [0.3, 0.4) is 0 Å². The van der Waals surface area contributed by atoms with Crippen molar-refractivity contribution in [2.24, 2.45) is 16.9 Å². The highest BCUT2D eigenvalue weighted by Gasteiger charge is 2.45. The minimum Gasteiger partial charge on any atom is -0.393 e. The molecule has 1 aromatic carbocycles. The molecular formula is C28H35N9O2S. The fraction of sp³-hybridized carbons (Fsp3) is 0.464. The van der Waals surface area contributed by atoms with E-state index in [0.29, 0.717) is 17.9 Å². The number of aliphatic hydroxyl groups is 1. The van der Waals surface area contributed by atoms with Crippen LogP contribution in [0.25, 0.3) is 0 Å². The number of ether oxygens (including phenoxy) is 1. The van der Waals surface area contributed by atoms with Crippen LogP contribution in [-0.4, -0.2) is 76.4 Å². The molecule has 12 heteroatoms. The molecule has 4 N–H and O–H groups in total. The highest BCUT2D eigenvalue weighted by atomic mass is 32.1. The summed E-state index contributed by atoms with van der Waals surface area (Å²) < 4.78 is 5.55. The Balaban J connectivity index is 1.09. The number of morpholine rings is 1. The average molecular weight is 562 g/mol. The topological polar surface area (TPSA) is 113 Å². The fourth-order valence-corrected chi connectivity index (χ4v) is 7.04. The molecule has 0 spiro atoms. The molecule has 0 amide bonds. The lowest BCUT2D eigenvalue weighted by Gasteiger charge is -2.28. The summed E-state index contributed by atoms with van der Waals surface area (Å²) in [7, 11) is 1.93. The first-order chi connectivity index (χ1) is 19.6. The van der Waals surface area contributed by atoms with Crippen LogP contribution in [0, 0.1) is 11.8 Å². The molecule has 3 aromatic rings. The standard InChI is InChI=1S/C28H35N9O2S/c1-35-33-27(34-37(35)21-5-3-2-4-6-21)24-16-29-28(40-24)32-26-12-18(17-36-7-9-39-10-8-36)11-25(31-26)30-22-14-20-13-19(22)15-23(20)38/h2-6,11-12,16,19-20,22-23,38H,7-10,13-15,17H2,1H3,(H,33,34)(H2,29,30,31,32)/t19?,20?,22-,23+/m1/s1. The van der Waals surface area contributed by atoms with Crippen LogP contribution in [0.2, 0.25) is 0 Å². The summed E-state index contributed by atoms with van der Waals surface area (Å²) in [5.41, 5.74) is 5.48. The number of benzene rings is 1. The van der Waals surface area contributed by atoms with E-state index in [-0.39, 0.29) is 6.10 Å². The number of hydrazone groups is 1. The number of para-hydroxylation sites is 1. The van der Waals surface area contributed by atoms with Crippen LogP contribution in [0.1, 0.15) is 29.7 Å². The zero-order valence-electron chi connectivity index (χ0n) is 22.5. The van der Waals surface area contributed by atoms with Crippen molar-refractivity contribution in [3.63, 3.8) is 0 Å². The SMILES string of the molecule is CN1NC(c2cnc(Nc3cc(CN4CCOCC4)cc(N[C@@H]4CC5CC4C[C@@H]5O)n3)s2)=NN1c1ccccc1. The molecular weight excluding hydrogens is 526 g/mol. The molecule has 2 saturated carbocycles. The number of nitrogens with zero attached hydrogens (tertiary/aromatic N) is 6. The van der Waals surface area contributed by atoms with Gasteiger partial charge in [0.2, 0.25) is 0 Å². The fourth-order valence-electron chi connectivity index (χ4n) is 6.28. The Morgan fingerprint density at radius 2 is 1.90 bits per heavy atom. The summed E-state index contributed by atoms with van der Waals surface area (Å²) in [6.07, 6.45) is 4.69. The van der Waals surface area contributed by atoms with Crippen LogP contribution >= 0.6 is 11.3 Å². The Labute approximate surface area is 237 Å². The first kappa shape index (κ1) is 25.7. The molecule has 2 aromatic heterocycles. The lowest BCUT2D eigenvalue weighted by molar-refractivity contribution is 0.0342. The zero-order valence-corrected chi connectivity index (χ0v) is 23.3. The van der Waals surface area contributed by atoms with E-state index >= 15 is 0 Å². The second-order valence-electron chi connectivity index (χ2n) is 11.0. The van der Waals surface area contributed by atoms with Gasteiger partial charge in [-0.2, -0.15) is 5.12 Å². The average Bonchev–Trinajstić information content (AvgIpc) is 3.74. The molecule has 2 unspecified atom stereocenters. The highest BCUT2D eigenvalue weighted by Crippen LogP contribution is 2.45. The minimum atomic E-state index is -0.140. The van der Waals surface area contributed by atoms with Gasteiger partial charge in [0.25, 0.3) is 0 Å². The van der Waals surface area contributed by atoms with Gasteiger partial charge >= 0.3 is 0 Å². The predicted molar refractivity (Wildman–Crippen MR) is 156 cm³/mol. The molecule has 3 fully saturated rings.